The van der Waals surface area contributed by atoms with Gasteiger partial charge < -0.3 is 0 Å². The molecule has 0 spiro atoms. The molecule has 0 saturated carbocycles. The van der Waals surface area contributed by atoms with Crippen molar-refractivity contribution in [2.45, 2.75) is 37.5 Å². The third-order valence-electron chi connectivity index (χ3n) is 3.11. The number of hydrogen-bond acceptors (Lipinski definition) is 2. The van der Waals surface area contributed by atoms with Crippen molar-refractivity contribution in [2.24, 2.45) is 5.92 Å². The van der Waals surface area contributed by atoms with E-state index in [1.807, 2.05) is 30.5 Å². The van der Waals surface area contributed by atoms with Gasteiger partial charge in [-0.1, -0.05) is 25.1 Å². The van der Waals surface area contributed by atoms with Crippen LogP contribution in [0.1, 0.15) is 25.8 Å². The van der Waals surface area contributed by atoms with E-state index in [-0.39, 0.29) is 12.3 Å². The second kappa shape index (κ2) is 8.20. The molecule has 0 aliphatic heterocycles. The van der Waals surface area contributed by atoms with E-state index in [0.29, 0.717) is 5.57 Å². The van der Waals surface area contributed by atoms with E-state index >= 15 is 0 Å². The van der Waals surface area contributed by atoms with E-state index in [4.69, 9.17) is 0 Å². The average molecular weight is 298 g/mol. The number of thioether (sulfide) groups is 1. The molecule has 0 N–H and O–H groups in total. The summed E-state index contributed by atoms with van der Waals surface area (Å²) >= 11 is 1.62. The number of hydrogen-bond donors (Lipinski definition) is 0. The van der Waals surface area contributed by atoms with Gasteiger partial charge in [0.15, 0.2) is 0 Å². The molecule has 0 aromatic heterocycles. The van der Waals surface area contributed by atoms with Crippen molar-refractivity contribution in [3.63, 3.8) is 0 Å². The Morgan fingerprint density at radius 3 is 2.30 bits per heavy atom. The highest BCUT2D eigenvalue weighted by Gasteiger charge is 2.18. The molecule has 0 radical (unpaired) electrons. The monoisotopic (exact) mass is 298 g/mol. The number of alkyl halides is 2. The molecule has 3 atom stereocenters. The molecule has 1 nitrogen and oxygen atoms in total. The molecule has 0 bridgehead atoms. The van der Waals surface area contributed by atoms with Gasteiger partial charge in [-0.15, -0.1) is 11.8 Å². The zero-order valence-corrected chi connectivity index (χ0v) is 12.8. The van der Waals surface area contributed by atoms with E-state index in [1.54, 1.807) is 24.8 Å². The number of carbonyl (C=O) groups excluding carboxylic acids is 1. The lowest BCUT2D eigenvalue weighted by Gasteiger charge is -2.13. The smallest absolute Gasteiger partial charge is 0.150 e. The molecule has 110 valence electrons. The molecule has 0 aliphatic carbocycles. The largest absolute Gasteiger partial charge is 0.298 e. The van der Waals surface area contributed by atoms with Crippen molar-refractivity contribution in [1.29, 1.82) is 0 Å². The van der Waals surface area contributed by atoms with Crippen LogP contribution >= 0.6 is 11.8 Å². The van der Waals surface area contributed by atoms with Gasteiger partial charge in [0, 0.05) is 10.5 Å². The predicted octanol–water partition coefficient (Wildman–Crippen LogP) is 4.71. The van der Waals surface area contributed by atoms with Crippen molar-refractivity contribution in [1.82, 2.24) is 0 Å². The molecule has 0 amide bonds. The van der Waals surface area contributed by atoms with Crippen LogP contribution in [-0.2, 0) is 4.79 Å². The maximum absolute atomic E-state index is 13.3. The Hall–Kier alpha value is -1.16. The highest BCUT2D eigenvalue weighted by atomic mass is 32.2. The summed E-state index contributed by atoms with van der Waals surface area (Å²) in [6.07, 6.45) is 1.55. The topological polar surface area (TPSA) is 17.1 Å². The van der Waals surface area contributed by atoms with Crippen LogP contribution in [0.25, 0.3) is 5.57 Å². The molecule has 1 aromatic rings. The minimum atomic E-state index is -1.49. The highest BCUT2D eigenvalue weighted by molar-refractivity contribution is 7.98. The van der Waals surface area contributed by atoms with Crippen LogP contribution in [0.3, 0.4) is 0 Å². The molecule has 1 unspecified atom stereocenters. The lowest BCUT2D eigenvalue weighted by molar-refractivity contribution is -0.103. The summed E-state index contributed by atoms with van der Waals surface area (Å²) in [6.45, 7) is 3.00. The fourth-order valence-corrected chi connectivity index (χ4v) is 2.31. The van der Waals surface area contributed by atoms with Crippen molar-refractivity contribution in [3.05, 3.63) is 35.9 Å². The first-order valence-electron chi connectivity index (χ1n) is 6.57. The lowest BCUT2D eigenvalue weighted by Crippen LogP contribution is -2.16. The minimum absolute atomic E-state index is 0.0813. The molecule has 0 saturated heterocycles. The first kappa shape index (κ1) is 16.9. The van der Waals surface area contributed by atoms with E-state index in [1.165, 1.54) is 6.92 Å². The Morgan fingerprint density at radius 2 is 1.85 bits per heavy atom. The summed E-state index contributed by atoms with van der Waals surface area (Å²) < 4.78 is 26.1. The van der Waals surface area contributed by atoms with Crippen molar-refractivity contribution >= 4 is 23.6 Å². The Kier molecular flexibility index (Phi) is 6.93. The van der Waals surface area contributed by atoms with Crippen LogP contribution in [0, 0.1) is 5.92 Å². The Morgan fingerprint density at radius 1 is 1.25 bits per heavy atom. The summed E-state index contributed by atoms with van der Waals surface area (Å²) in [5.74, 6) is -0.191. The van der Waals surface area contributed by atoms with Crippen LogP contribution in [0.15, 0.2) is 35.2 Å². The third kappa shape index (κ3) is 5.08. The van der Waals surface area contributed by atoms with Crippen LogP contribution in [0.5, 0.6) is 0 Å². The quantitative estimate of drug-likeness (QED) is 0.412. The van der Waals surface area contributed by atoms with Gasteiger partial charge in [0.2, 0.25) is 0 Å². The fourth-order valence-electron chi connectivity index (χ4n) is 1.90. The zero-order valence-electron chi connectivity index (χ0n) is 12.0. The minimum Gasteiger partial charge on any atom is -0.298 e. The van der Waals surface area contributed by atoms with E-state index in [9.17, 15) is 13.6 Å². The molecule has 1 rings (SSSR count). The Bertz CT molecular complexity index is 454. The van der Waals surface area contributed by atoms with Crippen molar-refractivity contribution in [3.8, 4) is 0 Å². The summed E-state index contributed by atoms with van der Waals surface area (Å²) in [7, 11) is 0. The number of benzene rings is 1. The fraction of sp³-hybridized carbons (Fsp3) is 0.438. The molecule has 1 aromatic carbocycles. The summed E-state index contributed by atoms with van der Waals surface area (Å²) in [5, 5.41) is 0. The second-order valence-electron chi connectivity index (χ2n) is 4.87. The van der Waals surface area contributed by atoms with Crippen LogP contribution in [0.2, 0.25) is 0 Å². The van der Waals surface area contributed by atoms with Gasteiger partial charge in [0.25, 0.3) is 0 Å². The Labute approximate surface area is 123 Å². The van der Waals surface area contributed by atoms with Gasteiger partial charge in [0.05, 0.1) is 0 Å². The lowest BCUT2D eigenvalue weighted by atomic mass is 9.97. The molecular weight excluding hydrogens is 278 g/mol. The van der Waals surface area contributed by atoms with Crippen molar-refractivity contribution < 1.29 is 13.6 Å². The summed E-state index contributed by atoms with van der Waals surface area (Å²) in [5.41, 5.74) is 1.32. The number of allylic oxidation sites excluding steroid dienone is 2. The summed E-state index contributed by atoms with van der Waals surface area (Å²) in [6, 6.07) is 7.60. The third-order valence-corrected chi connectivity index (χ3v) is 3.85. The number of aldehydes is 1. The van der Waals surface area contributed by atoms with Gasteiger partial charge in [0.1, 0.15) is 18.6 Å². The molecule has 4 heteroatoms. The standard InChI is InChI=1S/C16H20F2OS/c1-11(9-16(18)12(2)17)8-14(10-19)13-4-6-15(20-3)7-5-13/h4-8,10-12,16H,9H2,1-3H3/t11?,12-,16+/m0/s1. The van der Waals surface area contributed by atoms with Crippen molar-refractivity contribution in [2.75, 3.05) is 6.26 Å². The number of rotatable bonds is 7. The van der Waals surface area contributed by atoms with E-state index in [0.717, 1.165) is 16.7 Å². The Balaban J connectivity index is 2.82. The van der Waals surface area contributed by atoms with E-state index in [2.05, 4.69) is 0 Å². The SMILES string of the molecule is CSc1ccc(C(C=O)=CC(C)C[C@@H](F)[C@H](C)F)cc1. The molecule has 0 fully saturated rings. The summed E-state index contributed by atoms with van der Waals surface area (Å²) in [4.78, 5) is 12.3. The first-order valence-corrected chi connectivity index (χ1v) is 7.80. The van der Waals surface area contributed by atoms with Gasteiger partial charge in [-0.25, -0.2) is 8.78 Å². The maximum atomic E-state index is 13.3. The first-order chi connectivity index (χ1) is 9.47. The average Bonchev–Trinajstić information content (AvgIpc) is 2.44. The van der Waals surface area contributed by atoms with E-state index < -0.39 is 12.3 Å². The maximum Gasteiger partial charge on any atom is 0.150 e. The van der Waals surface area contributed by atoms with Crippen LogP contribution < -0.4 is 0 Å². The molecular formula is C16H20F2OS. The molecule has 0 heterocycles. The zero-order chi connectivity index (χ0) is 15.1. The second-order valence-corrected chi connectivity index (χ2v) is 5.75. The van der Waals surface area contributed by atoms with Gasteiger partial charge in [-0.2, -0.15) is 0 Å². The van der Waals surface area contributed by atoms with Crippen LogP contribution in [-0.4, -0.2) is 24.9 Å². The normalized spacial score (nSPS) is 16.6. The van der Waals surface area contributed by atoms with Gasteiger partial charge >= 0.3 is 0 Å². The predicted molar refractivity (Wildman–Crippen MR) is 81.5 cm³/mol. The highest BCUT2D eigenvalue weighted by Crippen LogP contribution is 2.22. The number of halogens is 2. The van der Waals surface area contributed by atoms with Gasteiger partial charge in [-0.05, 0) is 43.2 Å². The molecule has 0 aliphatic rings. The van der Waals surface area contributed by atoms with Gasteiger partial charge in [-0.3, -0.25) is 4.79 Å². The van der Waals surface area contributed by atoms with Crippen LogP contribution in [0.4, 0.5) is 8.78 Å². The number of carbonyl (C=O) groups is 1. The molecule has 20 heavy (non-hydrogen) atoms.